The van der Waals surface area contributed by atoms with E-state index in [0.717, 1.165) is 22.5 Å². The summed E-state index contributed by atoms with van der Waals surface area (Å²) in [5, 5.41) is 4.30. The number of nitrogens with zero attached hydrogens (tertiary/aromatic N) is 4. The number of nitrogens with two attached hydrogens (primary N) is 1. The van der Waals surface area contributed by atoms with E-state index in [0.29, 0.717) is 5.82 Å². The molecule has 2 N–H and O–H groups in total. The van der Waals surface area contributed by atoms with Crippen molar-refractivity contribution in [1.29, 1.82) is 0 Å². The SMILES string of the molecule is Cn1nccc1C1C(c2ccc(N)nc2)=CC=CN1c1ccc(OC(F)(F)Cl)cc1. The normalized spacial score (nSPS) is 16.5. The number of pyridine rings is 1. The number of benzene rings is 1. The lowest BCUT2D eigenvalue weighted by Gasteiger charge is -2.35. The van der Waals surface area contributed by atoms with Crippen molar-refractivity contribution < 1.29 is 13.5 Å². The molecule has 0 spiro atoms. The van der Waals surface area contributed by atoms with Crippen molar-refractivity contribution in [2.24, 2.45) is 7.05 Å². The average Bonchev–Trinajstić information content (AvgIpc) is 3.13. The Kier molecular flexibility index (Phi) is 5.17. The minimum absolute atomic E-state index is 0.0321. The Hall–Kier alpha value is -3.39. The number of rotatable bonds is 5. The van der Waals surface area contributed by atoms with Crippen LogP contribution in [0.1, 0.15) is 17.3 Å². The van der Waals surface area contributed by atoms with Crippen molar-refractivity contribution in [3.05, 3.63) is 84.5 Å². The van der Waals surface area contributed by atoms with Gasteiger partial charge in [-0.1, -0.05) is 6.08 Å². The highest BCUT2D eigenvalue weighted by Gasteiger charge is 2.30. The topological polar surface area (TPSA) is 69.2 Å². The molecular formula is C21H18ClF2N5O. The lowest BCUT2D eigenvalue weighted by atomic mass is 9.93. The van der Waals surface area contributed by atoms with E-state index < -0.39 is 5.57 Å². The first-order valence-electron chi connectivity index (χ1n) is 9.04. The zero-order chi connectivity index (χ0) is 21.3. The molecule has 4 rings (SSSR count). The summed E-state index contributed by atoms with van der Waals surface area (Å²) < 4.78 is 32.0. The third-order valence-corrected chi connectivity index (χ3v) is 4.80. The molecule has 1 atom stereocenters. The number of alkyl halides is 3. The summed E-state index contributed by atoms with van der Waals surface area (Å²) >= 11 is 4.85. The molecule has 3 aromatic rings. The molecule has 2 aromatic heterocycles. The van der Waals surface area contributed by atoms with Crippen LogP contribution in [-0.2, 0) is 7.05 Å². The fourth-order valence-electron chi connectivity index (χ4n) is 3.41. The van der Waals surface area contributed by atoms with E-state index >= 15 is 0 Å². The van der Waals surface area contributed by atoms with E-state index in [1.807, 2.05) is 42.4 Å². The minimum Gasteiger partial charge on any atom is -0.420 e. The molecule has 0 bridgehead atoms. The highest BCUT2D eigenvalue weighted by molar-refractivity contribution is 6.20. The summed E-state index contributed by atoms with van der Waals surface area (Å²) in [5.74, 6) is 0.404. The van der Waals surface area contributed by atoms with Gasteiger partial charge in [0.1, 0.15) is 17.6 Å². The van der Waals surface area contributed by atoms with Crippen LogP contribution >= 0.6 is 11.6 Å². The number of anilines is 2. The Morgan fingerprint density at radius 1 is 1.13 bits per heavy atom. The molecule has 30 heavy (non-hydrogen) atoms. The first-order chi connectivity index (χ1) is 14.3. The van der Waals surface area contributed by atoms with Crippen LogP contribution in [0.5, 0.6) is 5.75 Å². The number of aryl methyl sites for hydroxylation is 1. The zero-order valence-electron chi connectivity index (χ0n) is 15.9. The minimum atomic E-state index is -3.76. The molecule has 0 aliphatic carbocycles. The summed E-state index contributed by atoms with van der Waals surface area (Å²) in [5.41, 5.74) is 5.59. The van der Waals surface area contributed by atoms with E-state index in [1.165, 1.54) is 12.1 Å². The molecule has 3 heterocycles. The van der Waals surface area contributed by atoms with Gasteiger partial charge in [0.15, 0.2) is 0 Å². The molecule has 9 heteroatoms. The fourth-order valence-corrected chi connectivity index (χ4v) is 3.49. The second-order valence-corrected chi connectivity index (χ2v) is 7.11. The van der Waals surface area contributed by atoms with Crippen LogP contribution < -0.4 is 15.4 Å². The maximum Gasteiger partial charge on any atom is 0.487 e. The molecule has 1 unspecified atom stereocenters. The van der Waals surface area contributed by atoms with Crippen molar-refractivity contribution in [3.63, 3.8) is 0 Å². The van der Waals surface area contributed by atoms with Gasteiger partial charge in [-0.15, -0.1) is 8.78 Å². The summed E-state index contributed by atoms with van der Waals surface area (Å²) in [6.45, 7) is 0. The second-order valence-electron chi connectivity index (χ2n) is 6.67. The van der Waals surface area contributed by atoms with Gasteiger partial charge in [0.2, 0.25) is 0 Å². The van der Waals surface area contributed by atoms with Crippen LogP contribution in [0.4, 0.5) is 20.3 Å². The standard InChI is InChI=1S/C21H18ClF2N5O/c1-28-18(10-11-27-28)20-17(14-4-9-19(25)26-13-14)3-2-12-29(20)15-5-7-16(8-6-15)30-21(22,23)24/h2-13,20H,1H3,(H2,25,26). The number of allylic oxidation sites excluding steroid dienone is 2. The van der Waals surface area contributed by atoms with Gasteiger partial charge in [-0.25, -0.2) is 4.98 Å². The maximum atomic E-state index is 12.9. The third-order valence-electron chi connectivity index (χ3n) is 4.72. The van der Waals surface area contributed by atoms with E-state index in [2.05, 4.69) is 14.8 Å². The fraction of sp³-hybridized carbons (Fsp3) is 0.143. The van der Waals surface area contributed by atoms with Gasteiger partial charge in [-0.05, 0) is 59.7 Å². The van der Waals surface area contributed by atoms with Crippen molar-refractivity contribution in [3.8, 4) is 5.75 Å². The molecule has 0 amide bonds. The molecule has 154 valence electrons. The average molecular weight is 430 g/mol. The van der Waals surface area contributed by atoms with Gasteiger partial charge in [0.25, 0.3) is 0 Å². The molecule has 1 aliphatic heterocycles. The largest absolute Gasteiger partial charge is 0.487 e. The van der Waals surface area contributed by atoms with Gasteiger partial charge in [0, 0.05) is 42.9 Å². The molecule has 1 aromatic carbocycles. The first kappa shape index (κ1) is 19.9. The van der Waals surface area contributed by atoms with Gasteiger partial charge < -0.3 is 15.4 Å². The summed E-state index contributed by atoms with van der Waals surface area (Å²) in [4.78, 5) is 6.23. The Morgan fingerprint density at radius 3 is 2.50 bits per heavy atom. The summed E-state index contributed by atoms with van der Waals surface area (Å²) in [6, 6.07) is 11.6. The lowest BCUT2D eigenvalue weighted by Crippen LogP contribution is -2.28. The number of ether oxygens (including phenoxy) is 1. The molecule has 0 radical (unpaired) electrons. The number of halogens is 3. The predicted octanol–water partition coefficient (Wildman–Crippen LogP) is 4.72. The van der Waals surface area contributed by atoms with E-state index in [4.69, 9.17) is 17.3 Å². The van der Waals surface area contributed by atoms with E-state index in [1.54, 1.807) is 35.3 Å². The zero-order valence-corrected chi connectivity index (χ0v) is 16.7. The highest BCUT2D eigenvalue weighted by Crippen LogP contribution is 2.41. The van der Waals surface area contributed by atoms with Crippen LogP contribution in [-0.4, -0.2) is 20.3 Å². The molecule has 0 fully saturated rings. The second kappa shape index (κ2) is 7.79. The quantitative estimate of drug-likeness (QED) is 0.594. The van der Waals surface area contributed by atoms with Crippen molar-refractivity contribution in [2.75, 3.05) is 10.6 Å². The predicted molar refractivity (Wildman–Crippen MR) is 112 cm³/mol. The lowest BCUT2D eigenvalue weighted by molar-refractivity contribution is -0.0964. The third kappa shape index (κ3) is 4.13. The van der Waals surface area contributed by atoms with Crippen molar-refractivity contribution in [2.45, 2.75) is 11.6 Å². The number of hydrogen-bond acceptors (Lipinski definition) is 5. The Morgan fingerprint density at radius 2 is 1.90 bits per heavy atom. The van der Waals surface area contributed by atoms with E-state index in [-0.39, 0.29) is 11.8 Å². The molecular weight excluding hydrogens is 412 g/mol. The highest BCUT2D eigenvalue weighted by atomic mass is 35.5. The number of aromatic nitrogens is 3. The Bertz CT molecular complexity index is 1090. The van der Waals surface area contributed by atoms with E-state index in [9.17, 15) is 8.78 Å². The van der Waals surface area contributed by atoms with Crippen LogP contribution in [0.3, 0.4) is 0 Å². The number of nitrogen functional groups attached to an aromatic ring is 1. The van der Waals surface area contributed by atoms with Crippen LogP contribution in [0.15, 0.2) is 73.2 Å². The van der Waals surface area contributed by atoms with Crippen LogP contribution in [0, 0.1) is 0 Å². The Balaban J connectivity index is 1.74. The smallest absolute Gasteiger partial charge is 0.420 e. The number of hydrogen-bond donors (Lipinski definition) is 1. The van der Waals surface area contributed by atoms with Gasteiger partial charge in [0.05, 0.1) is 5.69 Å². The van der Waals surface area contributed by atoms with Gasteiger partial charge in [-0.3, -0.25) is 4.68 Å². The summed E-state index contributed by atoms with van der Waals surface area (Å²) in [6.07, 6.45) is 9.28. The molecule has 0 saturated heterocycles. The van der Waals surface area contributed by atoms with Crippen molar-refractivity contribution >= 4 is 28.7 Å². The Labute approximate surface area is 176 Å². The van der Waals surface area contributed by atoms with Gasteiger partial charge in [-0.2, -0.15) is 5.10 Å². The van der Waals surface area contributed by atoms with Crippen LogP contribution in [0.2, 0.25) is 0 Å². The maximum absolute atomic E-state index is 12.9. The van der Waals surface area contributed by atoms with Crippen LogP contribution in [0.25, 0.3) is 5.57 Å². The molecule has 1 aliphatic rings. The molecule has 0 saturated carbocycles. The first-order valence-corrected chi connectivity index (χ1v) is 9.42. The van der Waals surface area contributed by atoms with Gasteiger partial charge >= 0.3 is 5.57 Å². The molecule has 6 nitrogen and oxygen atoms in total. The van der Waals surface area contributed by atoms with Crippen molar-refractivity contribution in [1.82, 2.24) is 14.8 Å². The monoisotopic (exact) mass is 429 g/mol. The summed E-state index contributed by atoms with van der Waals surface area (Å²) in [7, 11) is 1.87.